The number of benzene rings is 1. The molecule has 18 heavy (non-hydrogen) atoms. The molecule has 0 N–H and O–H groups in total. The number of nitrogens with zero attached hydrogens (tertiary/aromatic N) is 1. The molecule has 0 atom stereocenters. The molecule has 0 bridgehead atoms. The monoisotopic (exact) mass is 285 g/mol. The van der Waals surface area contributed by atoms with E-state index in [1.807, 2.05) is 6.07 Å². The largest absolute Gasteiger partial charge is 0.497 e. The van der Waals surface area contributed by atoms with Crippen molar-refractivity contribution in [2.75, 3.05) is 12.9 Å². The van der Waals surface area contributed by atoms with Crippen molar-refractivity contribution in [2.45, 2.75) is 11.8 Å². The van der Waals surface area contributed by atoms with Crippen molar-refractivity contribution in [2.24, 2.45) is 0 Å². The smallest absolute Gasteiger partial charge is 0.183 e. The van der Waals surface area contributed by atoms with Crippen molar-refractivity contribution >= 4 is 21.4 Å². The van der Waals surface area contributed by atoms with Crippen LogP contribution in [-0.2, 0) is 9.84 Å². The summed E-state index contributed by atoms with van der Waals surface area (Å²) in [6.45, 7) is 1.59. The van der Waals surface area contributed by atoms with Gasteiger partial charge < -0.3 is 4.74 Å². The highest BCUT2D eigenvalue weighted by Crippen LogP contribution is 2.22. The summed E-state index contributed by atoms with van der Waals surface area (Å²) in [5, 5.41) is 9.36. The number of sulfone groups is 1. The summed E-state index contributed by atoms with van der Waals surface area (Å²) in [4.78, 5) is -0.0139. The van der Waals surface area contributed by atoms with Crippen molar-refractivity contribution in [3.8, 4) is 11.8 Å². The fourth-order valence-electron chi connectivity index (χ4n) is 1.31. The fraction of sp³-hybridized carbons (Fsp3) is 0.250. The Hall–Kier alpha value is -1.51. The molecule has 0 radical (unpaired) electrons. The van der Waals surface area contributed by atoms with E-state index in [9.17, 15) is 8.42 Å². The lowest BCUT2D eigenvalue weighted by molar-refractivity contribution is 0.414. The zero-order valence-corrected chi connectivity index (χ0v) is 11.5. The van der Waals surface area contributed by atoms with E-state index in [4.69, 9.17) is 21.6 Å². The molecule has 0 fully saturated rings. The third kappa shape index (κ3) is 3.49. The van der Waals surface area contributed by atoms with E-state index in [-0.39, 0.29) is 16.2 Å². The number of rotatable bonds is 4. The Morgan fingerprint density at radius 1 is 1.56 bits per heavy atom. The van der Waals surface area contributed by atoms with Gasteiger partial charge in [-0.25, -0.2) is 8.42 Å². The van der Waals surface area contributed by atoms with E-state index in [0.717, 1.165) is 0 Å². The summed E-state index contributed by atoms with van der Waals surface area (Å²) in [5.74, 6) is 0.207. The summed E-state index contributed by atoms with van der Waals surface area (Å²) < 4.78 is 29.0. The van der Waals surface area contributed by atoms with Crippen LogP contribution >= 0.6 is 11.6 Å². The third-order valence-electron chi connectivity index (χ3n) is 2.23. The van der Waals surface area contributed by atoms with E-state index in [0.29, 0.717) is 10.8 Å². The molecule has 4 nitrogen and oxygen atoms in total. The van der Waals surface area contributed by atoms with E-state index in [2.05, 4.69) is 0 Å². The Labute approximate surface area is 111 Å². The molecule has 0 saturated heterocycles. The molecule has 0 saturated carbocycles. The summed E-state index contributed by atoms with van der Waals surface area (Å²) >= 11 is 5.60. The van der Waals surface area contributed by atoms with Gasteiger partial charge in [0.1, 0.15) is 11.8 Å². The van der Waals surface area contributed by atoms with Crippen molar-refractivity contribution in [3.63, 3.8) is 0 Å². The molecule has 0 spiro atoms. The zero-order valence-electron chi connectivity index (χ0n) is 9.97. The van der Waals surface area contributed by atoms with Gasteiger partial charge in [0, 0.05) is 5.03 Å². The Balaban J connectivity index is 3.25. The van der Waals surface area contributed by atoms with E-state index in [1.54, 1.807) is 6.92 Å². The number of allylic oxidation sites excluding steroid dienone is 1. The molecule has 96 valence electrons. The van der Waals surface area contributed by atoms with Crippen molar-refractivity contribution in [1.29, 1.82) is 5.26 Å². The average Bonchev–Trinajstić information content (AvgIpc) is 2.35. The van der Waals surface area contributed by atoms with Gasteiger partial charge in [-0.3, -0.25) is 0 Å². The van der Waals surface area contributed by atoms with Crippen LogP contribution in [0.4, 0.5) is 0 Å². The van der Waals surface area contributed by atoms with Gasteiger partial charge in [-0.2, -0.15) is 5.26 Å². The fourth-order valence-corrected chi connectivity index (χ4v) is 2.84. The second kappa shape index (κ2) is 5.89. The van der Waals surface area contributed by atoms with Gasteiger partial charge in [0.05, 0.1) is 23.3 Å². The van der Waals surface area contributed by atoms with Crippen LogP contribution in [-0.4, -0.2) is 21.3 Å². The Morgan fingerprint density at radius 2 is 2.22 bits per heavy atom. The second-order valence-electron chi connectivity index (χ2n) is 3.55. The first-order valence-corrected chi connectivity index (χ1v) is 7.07. The molecule has 6 heteroatoms. The molecular weight excluding hydrogens is 274 g/mol. The van der Waals surface area contributed by atoms with Crippen LogP contribution in [0.15, 0.2) is 34.2 Å². The van der Waals surface area contributed by atoms with Gasteiger partial charge in [-0.1, -0.05) is 17.7 Å². The molecule has 1 rings (SSSR count). The van der Waals surface area contributed by atoms with Crippen molar-refractivity contribution in [1.82, 2.24) is 0 Å². The second-order valence-corrected chi connectivity index (χ2v) is 6.15. The van der Waals surface area contributed by atoms with Gasteiger partial charge in [0.25, 0.3) is 0 Å². The number of hydrogen-bond acceptors (Lipinski definition) is 4. The lowest BCUT2D eigenvalue weighted by Gasteiger charge is -2.06. The van der Waals surface area contributed by atoms with Gasteiger partial charge in [-0.15, -0.1) is 0 Å². The lowest BCUT2D eigenvalue weighted by atomic mass is 10.2. The summed E-state index contributed by atoms with van der Waals surface area (Å²) in [6.07, 6.45) is 1.39. The zero-order chi connectivity index (χ0) is 13.8. The molecule has 0 heterocycles. The number of nitriles is 1. The van der Waals surface area contributed by atoms with Crippen LogP contribution < -0.4 is 4.74 Å². The van der Waals surface area contributed by atoms with Gasteiger partial charge in [0.2, 0.25) is 0 Å². The van der Waals surface area contributed by atoms with E-state index in [1.165, 1.54) is 31.4 Å². The van der Waals surface area contributed by atoms with E-state index < -0.39 is 9.84 Å². The predicted octanol–water partition coefficient (Wildman–Crippen LogP) is 2.48. The minimum atomic E-state index is -3.56. The minimum Gasteiger partial charge on any atom is -0.497 e. The van der Waals surface area contributed by atoms with Crippen molar-refractivity contribution in [3.05, 3.63) is 34.9 Å². The van der Waals surface area contributed by atoms with Crippen LogP contribution in [0.3, 0.4) is 0 Å². The molecule has 0 aliphatic rings. The molecule has 0 unspecified atom stereocenters. The third-order valence-corrected chi connectivity index (χ3v) is 4.01. The Kier molecular flexibility index (Phi) is 4.76. The quantitative estimate of drug-likeness (QED) is 0.852. The van der Waals surface area contributed by atoms with Crippen molar-refractivity contribution < 1.29 is 13.2 Å². The van der Waals surface area contributed by atoms with Gasteiger partial charge >= 0.3 is 0 Å². The molecule has 1 aromatic rings. The highest BCUT2D eigenvalue weighted by atomic mass is 35.5. The lowest BCUT2D eigenvalue weighted by Crippen LogP contribution is -2.07. The predicted molar refractivity (Wildman–Crippen MR) is 69.4 cm³/mol. The molecule has 1 aromatic carbocycles. The van der Waals surface area contributed by atoms with E-state index >= 15 is 0 Å². The first-order chi connectivity index (χ1) is 8.40. The highest BCUT2D eigenvalue weighted by Gasteiger charge is 2.18. The maximum absolute atomic E-state index is 12.0. The van der Waals surface area contributed by atoms with Crippen LogP contribution in [0.1, 0.15) is 12.5 Å². The standard InChI is InChI=1S/C12H12ClNO3S/c1-9(13)5-6-18(15,16)12-4-3-11(17-2)7-10(12)8-14/h3-5,7H,6H2,1-2H3/b9-5-. The van der Waals surface area contributed by atoms with Crippen LogP contribution in [0.2, 0.25) is 0 Å². The summed E-state index contributed by atoms with van der Waals surface area (Å²) in [6, 6.07) is 6.11. The minimum absolute atomic E-state index is 0.0139. The molecule has 0 aliphatic heterocycles. The number of methoxy groups -OCH3 is 1. The maximum Gasteiger partial charge on any atom is 0.183 e. The van der Waals surface area contributed by atoms with Crippen LogP contribution in [0.5, 0.6) is 5.75 Å². The molecule has 0 aromatic heterocycles. The SMILES string of the molecule is COc1ccc(S(=O)(=O)C/C=C(/C)Cl)c(C#N)c1. The van der Waals surface area contributed by atoms with Gasteiger partial charge in [0.15, 0.2) is 9.84 Å². The number of halogens is 1. The first kappa shape index (κ1) is 14.6. The topological polar surface area (TPSA) is 67.2 Å². The highest BCUT2D eigenvalue weighted by molar-refractivity contribution is 7.91. The Morgan fingerprint density at radius 3 is 2.72 bits per heavy atom. The Bertz CT molecular complexity index is 611. The number of hydrogen-bond donors (Lipinski definition) is 0. The van der Waals surface area contributed by atoms with Crippen LogP contribution in [0, 0.1) is 11.3 Å². The average molecular weight is 286 g/mol. The first-order valence-electron chi connectivity index (χ1n) is 5.04. The maximum atomic E-state index is 12.0. The summed E-state index contributed by atoms with van der Waals surface area (Å²) in [7, 11) is -2.11. The summed E-state index contributed by atoms with van der Waals surface area (Å²) in [5.41, 5.74) is 0.0648. The normalized spacial score (nSPS) is 12.0. The molecule has 0 amide bonds. The number of ether oxygens (including phenoxy) is 1. The van der Waals surface area contributed by atoms with Gasteiger partial charge in [-0.05, 0) is 25.1 Å². The molecule has 0 aliphatic carbocycles. The molecular formula is C12H12ClNO3S. The van der Waals surface area contributed by atoms with Crippen LogP contribution in [0.25, 0.3) is 0 Å².